The van der Waals surface area contributed by atoms with Crippen molar-refractivity contribution < 1.29 is 19.1 Å². The largest absolute Gasteiger partial charge is 0.495 e. The first-order valence-corrected chi connectivity index (χ1v) is 7.74. The van der Waals surface area contributed by atoms with Gasteiger partial charge in [0.15, 0.2) is 5.78 Å². The van der Waals surface area contributed by atoms with Gasteiger partial charge in [-0.15, -0.1) is 0 Å². The molecule has 0 saturated heterocycles. The molecule has 0 heterocycles. The highest BCUT2D eigenvalue weighted by Gasteiger charge is 2.13. The summed E-state index contributed by atoms with van der Waals surface area (Å²) in [5, 5.41) is 5.30. The predicted octanol–water partition coefficient (Wildman–Crippen LogP) is 3.17. The zero-order valence-corrected chi connectivity index (χ0v) is 14.4. The Morgan fingerprint density at radius 2 is 1.60 bits per heavy atom. The molecule has 2 aromatic carbocycles. The lowest BCUT2D eigenvalue weighted by Crippen LogP contribution is -2.21. The molecule has 0 atom stereocenters. The Labute approximate surface area is 146 Å². The summed E-state index contributed by atoms with van der Waals surface area (Å²) in [4.78, 5) is 35.3. The minimum atomic E-state index is -0.445. The van der Waals surface area contributed by atoms with E-state index in [1.165, 1.54) is 14.0 Å². The Kier molecular flexibility index (Phi) is 5.89. The Hall–Kier alpha value is -3.15. The van der Waals surface area contributed by atoms with Gasteiger partial charge in [-0.3, -0.25) is 14.4 Å². The van der Waals surface area contributed by atoms with E-state index in [0.717, 1.165) is 5.56 Å². The second-order valence-corrected chi connectivity index (χ2v) is 5.61. The van der Waals surface area contributed by atoms with Crippen LogP contribution >= 0.6 is 0 Å². The fourth-order valence-electron chi connectivity index (χ4n) is 2.25. The number of ether oxygens (including phenoxy) is 1. The summed E-state index contributed by atoms with van der Waals surface area (Å²) in [5.41, 5.74) is 2.57. The molecule has 6 nitrogen and oxygen atoms in total. The first-order chi connectivity index (χ1) is 11.9. The highest BCUT2D eigenvalue weighted by Crippen LogP contribution is 2.25. The van der Waals surface area contributed by atoms with Crippen LogP contribution in [0.25, 0.3) is 0 Å². The molecule has 0 aliphatic rings. The molecular weight excluding hydrogens is 320 g/mol. The normalized spacial score (nSPS) is 10.0. The number of carbonyl (C=O) groups excluding carboxylic acids is 3. The second-order valence-electron chi connectivity index (χ2n) is 5.61. The summed E-state index contributed by atoms with van der Waals surface area (Å²) in [6.07, 6.45) is -0.328. The van der Waals surface area contributed by atoms with Gasteiger partial charge in [0.2, 0.25) is 11.8 Å². The molecule has 130 valence electrons. The Morgan fingerprint density at radius 1 is 0.960 bits per heavy atom. The second kappa shape index (κ2) is 8.10. The van der Waals surface area contributed by atoms with Crippen molar-refractivity contribution in [2.45, 2.75) is 20.3 Å². The van der Waals surface area contributed by atoms with Crippen LogP contribution in [0.3, 0.4) is 0 Å². The Morgan fingerprint density at radius 3 is 2.20 bits per heavy atom. The number of aryl methyl sites for hydroxylation is 1. The highest BCUT2D eigenvalue weighted by atomic mass is 16.5. The van der Waals surface area contributed by atoms with Crippen molar-refractivity contribution in [2.24, 2.45) is 0 Å². The minimum absolute atomic E-state index is 0.0515. The lowest BCUT2D eigenvalue weighted by atomic mass is 10.1. The third kappa shape index (κ3) is 5.17. The minimum Gasteiger partial charge on any atom is -0.495 e. The van der Waals surface area contributed by atoms with Gasteiger partial charge in [0, 0.05) is 11.3 Å². The van der Waals surface area contributed by atoms with E-state index in [9.17, 15) is 14.4 Å². The maximum atomic E-state index is 12.1. The summed E-state index contributed by atoms with van der Waals surface area (Å²) in [6, 6.07) is 11.9. The van der Waals surface area contributed by atoms with Gasteiger partial charge in [-0.05, 0) is 55.8 Å². The highest BCUT2D eigenvalue weighted by molar-refractivity contribution is 6.08. The van der Waals surface area contributed by atoms with Gasteiger partial charge in [0.1, 0.15) is 12.2 Å². The summed E-state index contributed by atoms with van der Waals surface area (Å²) in [5.74, 6) is -0.412. The van der Waals surface area contributed by atoms with Crippen LogP contribution in [-0.4, -0.2) is 24.7 Å². The molecule has 0 fully saturated rings. The SMILES string of the molecule is COc1ccc(C)cc1NC(=O)CC(=O)Nc1ccc(C(C)=O)cc1. The van der Waals surface area contributed by atoms with Crippen molar-refractivity contribution in [3.8, 4) is 5.75 Å². The van der Waals surface area contributed by atoms with Gasteiger partial charge in [0.25, 0.3) is 0 Å². The third-order valence-corrected chi connectivity index (χ3v) is 3.53. The van der Waals surface area contributed by atoms with Crippen LogP contribution in [0, 0.1) is 6.92 Å². The van der Waals surface area contributed by atoms with Gasteiger partial charge in [0.05, 0.1) is 12.8 Å². The van der Waals surface area contributed by atoms with Crippen LogP contribution in [0.5, 0.6) is 5.75 Å². The van der Waals surface area contributed by atoms with E-state index in [1.54, 1.807) is 36.4 Å². The summed E-state index contributed by atoms with van der Waals surface area (Å²) < 4.78 is 5.19. The fraction of sp³-hybridized carbons (Fsp3) is 0.211. The van der Waals surface area contributed by atoms with Crippen LogP contribution in [0.2, 0.25) is 0 Å². The lowest BCUT2D eigenvalue weighted by molar-refractivity contribution is -0.123. The first-order valence-electron chi connectivity index (χ1n) is 7.74. The van der Waals surface area contributed by atoms with Gasteiger partial charge in [-0.1, -0.05) is 6.07 Å². The van der Waals surface area contributed by atoms with Crippen LogP contribution in [0.1, 0.15) is 29.3 Å². The average molecular weight is 340 g/mol. The zero-order chi connectivity index (χ0) is 18.4. The predicted molar refractivity (Wildman–Crippen MR) is 96.1 cm³/mol. The van der Waals surface area contributed by atoms with E-state index in [4.69, 9.17) is 4.74 Å². The molecule has 2 N–H and O–H groups in total. The van der Waals surface area contributed by atoms with E-state index in [0.29, 0.717) is 22.7 Å². The average Bonchev–Trinajstić information content (AvgIpc) is 2.55. The van der Waals surface area contributed by atoms with Crippen LogP contribution < -0.4 is 15.4 Å². The van der Waals surface area contributed by atoms with Gasteiger partial charge in [-0.25, -0.2) is 0 Å². The van der Waals surface area contributed by atoms with E-state index < -0.39 is 11.8 Å². The number of methoxy groups -OCH3 is 1. The summed E-state index contributed by atoms with van der Waals surface area (Å²) in [7, 11) is 1.51. The zero-order valence-electron chi connectivity index (χ0n) is 14.4. The van der Waals surface area contributed by atoms with Gasteiger partial charge in [-0.2, -0.15) is 0 Å². The number of nitrogens with one attached hydrogen (secondary N) is 2. The first kappa shape index (κ1) is 18.2. The standard InChI is InChI=1S/C19H20N2O4/c1-12-4-9-17(25-3)16(10-12)21-19(24)11-18(23)20-15-7-5-14(6-8-15)13(2)22/h4-10H,11H2,1-3H3,(H,20,23)(H,21,24). The van der Waals surface area contributed by atoms with Crippen molar-refractivity contribution in [3.63, 3.8) is 0 Å². The molecule has 0 aliphatic carbocycles. The number of benzene rings is 2. The van der Waals surface area contributed by atoms with Crippen molar-refractivity contribution in [2.75, 3.05) is 17.7 Å². The van der Waals surface area contributed by atoms with Gasteiger partial charge >= 0.3 is 0 Å². The van der Waals surface area contributed by atoms with Crippen LogP contribution in [-0.2, 0) is 9.59 Å². The van der Waals surface area contributed by atoms with Crippen LogP contribution in [0.15, 0.2) is 42.5 Å². The monoisotopic (exact) mass is 340 g/mol. The summed E-state index contributed by atoms with van der Waals surface area (Å²) >= 11 is 0. The molecule has 0 aromatic heterocycles. The molecular formula is C19H20N2O4. The topological polar surface area (TPSA) is 84.5 Å². The van der Waals surface area contributed by atoms with Crippen molar-refractivity contribution in [1.82, 2.24) is 0 Å². The molecule has 0 radical (unpaired) electrons. The maximum Gasteiger partial charge on any atom is 0.233 e. The molecule has 0 bridgehead atoms. The van der Waals surface area contributed by atoms with E-state index in [-0.39, 0.29) is 12.2 Å². The molecule has 2 amide bonds. The van der Waals surface area contributed by atoms with Crippen molar-refractivity contribution >= 4 is 29.0 Å². The number of amides is 2. The van der Waals surface area contributed by atoms with Crippen LogP contribution in [0.4, 0.5) is 11.4 Å². The maximum absolute atomic E-state index is 12.1. The molecule has 6 heteroatoms. The Bertz CT molecular complexity index is 798. The smallest absolute Gasteiger partial charge is 0.233 e. The quantitative estimate of drug-likeness (QED) is 0.625. The Balaban J connectivity index is 1.95. The van der Waals surface area contributed by atoms with Crippen molar-refractivity contribution in [1.29, 1.82) is 0 Å². The number of carbonyl (C=O) groups is 3. The number of hydrogen-bond donors (Lipinski definition) is 2. The number of anilines is 2. The molecule has 0 aliphatic heterocycles. The summed E-state index contributed by atoms with van der Waals surface area (Å²) in [6.45, 7) is 3.37. The molecule has 0 saturated carbocycles. The van der Waals surface area contributed by atoms with Crippen molar-refractivity contribution in [3.05, 3.63) is 53.6 Å². The number of hydrogen-bond acceptors (Lipinski definition) is 4. The molecule has 2 aromatic rings. The van der Waals surface area contributed by atoms with E-state index in [1.807, 2.05) is 13.0 Å². The molecule has 0 spiro atoms. The number of ketones is 1. The van der Waals surface area contributed by atoms with E-state index in [2.05, 4.69) is 10.6 Å². The molecule has 0 unspecified atom stereocenters. The van der Waals surface area contributed by atoms with Gasteiger partial charge < -0.3 is 15.4 Å². The van der Waals surface area contributed by atoms with E-state index >= 15 is 0 Å². The number of rotatable bonds is 6. The molecule has 2 rings (SSSR count). The third-order valence-electron chi connectivity index (χ3n) is 3.53. The lowest BCUT2D eigenvalue weighted by Gasteiger charge is -2.11. The number of Topliss-reactive ketones (excluding diaryl/α,β-unsaturated/α-hetero) is 1. The molecule has 25 heavy (non-hydrogen) atoms. The fourth-order valence-corrected chi connectivity index (χ4v) is 2.25.